The number of benzene rings is 2. The minimum absolute atomic E-state index is 0.0114. The zero-order chi connectivity index (χ0) is 20.4. The van der Waals surface area contributed by atoms with Gasteiger partial charge in [-0.15, -0.1) is 0 Å². The molecule has 0 bridgehead atoms. The van der Waals surface area contributed by atoms with E-state index in [2.05, 4.69) is 10.3 Å². The molecule has 1 aliphatic heterocycles. The zero-order valence-corrected chi connectivity index (χ0v) is 17.3. The average molecular weight is 440 g/mol. The molecule has 0 aliphatic carbocycles. The molecule has 0 aromatic heterocycles. The molecule has 3 rings (SSSR count). The Morgan fingerprint density at radius 2 is 2.00 bits per heavy atom. The van der Waals surface area contributed by atoms with E-state index in [9.17, 15) is 14.0 Å². The molecule has 1 N–H and O–H groups in total. The van der Waals surface area contributed by atoms with Crippen molar-refractivity contribution < 1.29 is 14.0 Å². The number of anilines is 1. The largest absolute Gasteiger partial charge is 0.326 e. The quantitative estimate of drug-likeness (QED) is 0.726. The zero-order valence-electron chi connectivity index (χ0n) is 15.0. The molecule has 0 spiro atoms. The van der Waals surface area contributed by atoms with Gasteiger partial charge in [0.25, 0.3) is 0 Å². The van der Waals surface area contributed by atoms with Crippen molar-refractivity contribution in [3.63, 3.8) is 0 Å². The Kier molecular flexibility index (Phi) is 6.27. The van der Waals surface area contributed by atoms with Crippen molar-refractivity contribution in [3.05, 3.63) is 57.8 Å². The molecule has 2 aromatic carbocycles. The Balaban J connectivity index is 1.68. The van der Waals surface area contributed by atoms with Crippen LogP contribution in [0, 0.1) is 12.7 Å². The number of rotatable bonds is 4. The third-order valence-electron chi connectivity index (χ3n) is 4.09. The molecule has 9 heteroatoms. The van der Waals surface area contributed by atoms with Crippen molar-refractivity contribution >= 4 is 63.3 Å². The van der Waals surface area contributed by atoms with Gasteiger partial charge >= 0.3 is 0 Å². The number of thioether (sulfide) groups is 1. The second kappa shape index (κ2) is 8.51. The lowest BCUT2D eigenvalue weighted by molar-refractivity contribution is -0.127. The van der Waals surface area contributed by atoms with Crippen LogP contribution in [-0.4, -0.2) is 34.2 Å². The van der Waals surface area contributed by atoms with E-state index in [1.807, 2.05) is 6.92 Å². The number of hydrogen-bond acceptors (Lipinski definition) is 4. The van der Waals surface area contributed by atoms with Crippen LogP contribution in [0.25, 0.3) is 0 Å². The lowest BCUT2D eigenvalue weighted by Gasteiger charge is -2.10. The molecule has 28 heavy (non-hydrogen) atoms. The predicted molar refractivity (Wildman–Crippen MR) is 112 cm³/mol. The van der Waals surface area contributed by atoms with E-state index in [-0.39, 0.29) is 23.3 Å². The number of carbonyl (C=O) groups is 2. The third-order valence-corrected chi connectivity index (χ3v) is 6.02. The number of aryl methyl sites for hydroxylation is 1. The monoisotopic (exact) mass is 439 g/mol. The van der Waals surface area contributed by atoms with Gasteiger partial charge in [0, 0.05) is 24.2 Å². The summed E-state index contributed by atoms with van der Waals surface area (Å²) in [5, 5.41) is 3.07. The summed E-state index contributed by atoms with van der Waals surface area (Å²) < 4.78 is 13.3. The standard InChI is InChI=1S/C19H16Cl2FN3O2S/c1-10-3-4-11(7-13(10)20)23-17(26)9-16-18(27)25(2)19(28-16)24-12-5-6-15(22)14(21)8-12/h3-8,16H,9H2,1-2H3,(H,23,26). The van der Waals surface area contributed by atoms with E-state index in [1.165, 1.54) is 34.9 Å². The van der Waals surface area contributed by atoms with Gasteiger partial charge in [-0.25, -0.2) is 9.38 Å². The second-order valence-electron chi connectivity index (χ2n) is 6.21. The van der Waals surface area contributed by atoms with Crippen molar-refractivity contribution in [2.75, 3.05) is 12.4 Å². The van der Waals surface area contributed by atoms with Crippen LogP contribution in [0.2, 0.25) is 10.0 Å². The van der Waals surface area contributed by atoms with E-state index in [0.29, 0.717) is 21.6 Å². The smallest absolute Gasteiger partial charge is 0.242 e. The fraction of sp³-hybridized carbons (Fsp3) is 0.211. The van der Waals surface area contributed by atoms with E-state index in [4.69, 9.17) is 23.2 Å². The minimum atomic E-state index is -0.597. The number of hydrogen-bond donors (Lipinski definition) is 1. The highest BCUT2D eigenvalue weighted by atomic mass is 35.5. The molecule has 1 aliphatic rings. The van der Waals surface area contributed by atoms with Crippen LogP contribution in [-0.2, 0) is 9.59 Å². The molecular weight excluding hydrogens is 424 g/mol. The van der Waals surface area contributed by atoms with Gasteiger partial charge in [-0.05, 0) is 42.8 Å². The van der Waals surface area contributed by atoms with Gasteiger partial charge in [-0.1, -0.05) is 41.0 Å². The van der Waals surface area contributed by atoms with E-state index >= 15 is 0 Å². The van der Waals surface area contributed by atoms with Crippen molar-refractivity contribution in [1.29, 1.82) is 0 Å². The molecule has 0 radical (unpaired) electrons. The molecule has 2 aromatic rings. The van der Waals surface area contributed by atoms with Gasteiger partial charge in [-0.2, -0.15) is 0 Å². The number of carbonyl (C=O) groups excluding carboxylic acids is 2. The first-order valence-electron chi connectivity index (χ1n) is 8.28. The second-order valence-corrected chi connectivity index (χ2v) is 8.20. The van der Waals surface area contributed by atoms with Gasteiger partial charge in [0.15, 0.2) is 5.17 Å². The predicted octanol–water partition coefficient (Wildman–Crippen LogP) is 5.03. The van der Waals surface area contributed by atoms with Crippen LogP contribution < -0.4 is 5.32 Å². The number of halogens is 3. The number of amidine groups is 1. The Bertz CT molecular complexity index is 984. The normalized spacial score (nSPS) is 18.0. The van der Waals surface area contributed by atoms with Gasteiger partial charge in [0.2, 0.25) is 11.8 Å². The summed E-state index contributed by atoms with van der Waals surface area (Å²) >= 11 is 13.0. The maximum Gasteiger partial charge on any atom is 0.242 e. The fourth-order valence-corrected chi connectivity index (χ4v) is 4.02. The Morgan fingerprint density at radius 3 is 2.68 bits per heavy atom. The molecular formula is C19H16Cl2FN3O2S. The van der Waals surface area contributed by atoms with Crippen LogP contribution in [0.1, 0.15) is 12.0 Å². The highest BCUT2D eigenvalue weighted by molar-refractivity contribution is 8.15. The molecule has 1 atom stereocenters. The van der Waals surface area contributed by atoms with Crippen molar-refractivity contribution in [3.8, 4) is 0 Å². The fourth-order valence-electron chi connectivity index (χ4n) is 2.51. The molecule has 146 valence electrons. The Morgan fingerprint density at radius 1 is 1.25 bits per heavy atom. The van der Waals surface area contributed by atoms with Gasteiger partial charge in [0.05, 0.1) is 10.7 Å². The topological polar surface area (TPSA) is 61.8 Å². The number of nitrogens with zero attached hydrogens (tertiary/aromatic N) is 2. The molecule has 1 heterocycles. The summed E-state index contributed by atoms with van der Waals surface area (Å²) in [5.41, 5.74) is 1.90. The van der Waals surface area contributed by atoms with Crippen LogP contribution in [0.5, 0.6) is 0 Å². The third kappa shape index (κ3) is 4.66. The van der Waals surface area contributed by atoms with Gasteiger partial charge in [0.1, 0.15) is 11.1 Å². The first-order valence-corrected chi connectivity index (χ1v) is 9.92. The maximum atomic E-state index is 13.3. The van der Waals surface area contributed by atoms with Crippen LogP contribution in [0.3, 0.4) is 0 Å². The Hall–Kier alpha value is -2.09. The van der Waals surface area contributed by atoms with Crippen molar-refractivity contribution in [2.24, 2.45) is 4.99 Å². The average Bonchev–Trinajstić information content (AvgIpc) is 2.89. The van der Waals surface area contributed by atoms with Crippen molar-refractivity contribution in [1.82, 2.24) is 4.90 Å². The maximum absolute atomic E-state index is 13.3. The highest BCUT2D eigenvalue weighted by Crippen LogP contribution is 2.32. The van der Waals surface area contributed by atoms with Crippen LogP contribution >= 0.6 is 35.0 Å². The van der Waals surface area contributed by atoms with E-state index in [1.54, 1.807) is 25.2 Å². The molecule has 1 saturated heterocycles. The van der Waals surface area contributed by atoms with Crippen molar-refractivity contribution in [2.45, 2.75) is 18.6 Å². The molecule has 1 unspecified atom stereocenters. The molecule has 1 fully saturated rings. The van der Waals surface area contributed by atoms with Crippen LogP contribution in [0.15, 0.2) is 41.4 Å². The lowest BCUT2D eigenvalue weighted by Crippen LogP contribution is -2.30. The summed E-state index contributed by atoms with van der Waals surface area (Å²) in [5.74, 6) is -1.07. The molecule has 0 saturated carbocycles. The van der Waals surface area contributed by atoms with E-state index < -0.39 is 11.1 Å². The summed E-state index contributed by atoms with van der Waals surface area (Å²) in [6, 6.07) is 9.27. The highest BCUT2D eigenvalue weighted by Gasteiger charge is 2.37. The van der Waals surface area contributed by atoms with Gasteiger partial charge in [-0.3, -0.25) is 14.5 Å². The molecule has 2 amide bonds. The number of nitrogens with one attached hydrogen (secondary N) is 1. The summed E-state index contributed by atoms with van der Waals surface area (Å²) in [4.78, 5) is 30.5. The van der Waals surface area contributed by atoms with Crippen LogP contribution in [0.4, 0.5) is 15.8 Å². The summed E-state index contributed by atoms with van der Waals surface area (Å²) in [6.45, 7) is 1.87. The summed E-state index contributed by atoms with van der Waals surface area (Å²) in [7, 11) is 1.58. The van der Waals surface area contributed by atoms with E-state index in [0.717, 1.165) is 5.56 Å². The first kappa shape index (κ1) is 20.6. The number of amides is 2. The SMILES string of the molecule is Cc1ccc(NC(=O)CC2SC(=Nc3ccc(F)c(Cl)c3)N(C)C2=O)cc1Cl. The lowest BCUT2D eigenvalue weighted by atomic mass is 10.2. The van der Waals surface area contributed by atoms with Gasteiger partial charge < -0.3 is 5.32 Å². The molecule has 5 nitrogen and oxygen atoms in total. The number of aliphatic imine (C=N–C) groups is 1. The minimum Gasteiger partial charge on any atom is -0.326 e. The first-order chi connectivity index (χ1) is 13.2. The summed E-state index contributed by atoms with van der Waals surface area (Å²) in [6.07, 6.45) is -0.0114. The Labute approximate surface area is 175 Å².